The van der Waals surface area contributed by atoms with Crippen molar-refractivity contribution in [1.82, 2.24) is 10.2 Å². The standard InChI is InChI=1S/C28H34N4O4/c1-36-25-11-4-3-9-21(25)18-29-26(33)19-32-24-17-20(27(34)30-14-6-2-7-15-30)12-13-22(24)31-16-8-5-10-23(31)28(32)35/h3-4,9,11-13,17,23H,2,5-8,10,14-16,18-19H2,1H3,(H,29,33). The van der Waals surface area contributed by atoms with E-state index in [4.69, 9.17) is 4.74 Å². The molecule has 8 heteroatoms. The second kappa shape index (κ2) is 10.6. The molecule has 3 aliphatic rings. The number of nitrogens with one attached hydrogen (secondary N) is 1. The summed E-state index contributed by atoms with van der Waals surface area (Å²) in [7, 11) is 1.60. The van der Waals surface area contributed by atoms with Crippen LogP contribution in [0, 0.1) is 0 Å². The number of methoxy groups -OCH3 is 1. The molecule has 3 aliphatic heterocycles. The Bertz CT molecular complexity index is 1140. The van der Waals surface area contributed by atoms with Gasteiger partial charge < -0.3 is 19.9 Å². The fourth-order valence-corrected chi connectivity index (χ4v) is 5.58. The molecule has 2 fully saturated rings. The van der Waals surface area contributed by atoms with E-state index >= 15 is 0 Å². The van der Waals surface area contributed by atoms with Crippen LogP contribution in [0.2, 0.25) is 0 Å². The highest BCUT2D eigenvalue weighted by molar-refractivity contribution is 6.09. The summed E-state index contributed by atoms with van der Waals surface area (Å²) < 4.78 is 5.38. The highest BCUT2D eigenvalue weighted by atomic mass is 16.5. The lowest BCUT2D eigenvalue weighted by Gasteiger charge is -2.45. The number of hydrogen-bond acceptors (Lipinski definition) is 5. The van der Waals surface area contributed by atoms with Crippen molar-refractivity contribution in [3.05, 3.63) is 53.6 Å². The summed E-state index contributed by atoms with van der Waals surface area (Å²) >= 11 is 0. The first-order valence-corrected chi connectivity index (χ1v) is 13.0. The Morgan fingerprint density at radius 2 is 1.75 bits per heavy atom. The molecule has 2 aromatic rings. The first-order chi connectivity index (χ1) is 17.6. The Morgan fingerprint density at radius 1 is 0.972 bits per heavy atom. The third kappa shape index (κ3) is 4.76. The van der Waals surface area contributed by atoms with Gasteiger partial charge >= 0.3 is 0 Å². The number of para-hydroxylation sites is 1. The number of ether oxygens (including phenoxy) is 1. The third-order valence-corrected chi connectivity index (χ3v) is 7.49. The topological polar surface area (TPSA) is 82.2 Å². The molecule has 0 radical (unpaired) electrons. The highest BCUT2D eigenvalue weighted by Gasteiger charge is 2.40. The summed E-state index contributed by atoms with van der Waals surface area (Å²) in [6, 6.07) is 12.9. The fourth-order valence-electron chi connectivity index (χ4n) is 5.58. The number of carbonyl (C=O) groups is 3. The van der Waals surface area contributed by atoms with E-state index in [0.29, 0.717) is 23.5 Å². The van der Waals surface area contributed by atoms with Crippen LogP contribution in [0.5, 0.6) is 5.75 Å². The number of rotatable bonds is 6. The van der Waals surface area contributed by atoms with Crippen LogP contribution in [0.1, 0.15) is 54.4 Å². The van der Waals surface area contributed by atoms with Gasteiger partial charge in [-0.2, -0.15) is 0 Å². The molecule has 0 aromatic heterocycles. The van der Waals surface area contributed by atoms with E-state index in [9.17, 15) is 14.4 Å². The quantitative estimate of drug-likeness (QED) is 0.672. The van der Waals surface area contributed by atoms with Gasteiger partial charge in [0.05, 0.1) is 18.5 Å². The number of carbonyl (C=O) groups excluding carboxylic acids is 3. The number of hydrogen-bond donors (Lipinski definition) is 1. The molecule has 1 N–H and O–H groups in total. The summed E-state index contributed by atoms with van der Waals surface area (Å²) in [5.74, 6) is 0.372. The average Bonchev–Trinajstić information content (AvgIpc) is 2.94. The van der Waals surface area contributed by atoms with Crippen molar-refractivity contribution in [3.63, 3.8) is 0 Å². The van der Waals surface area contributed by atoms with Crippen molar-refractivity contribution in [1.29, 1.82) is 0 Å². The molecule has 2 aromatic carbocycles. The van der Waals surface area contributed by atoms with E-state index in [-0.39, 0.29) is 30.3 Å². The molecule has 5 rings (SSSR count). The SMILES string of the molecule is COc1ccccc1CNC(=O)CN1C(=O)C2CCCCN2c2ccc(C(=O)N3CCCCC3)cc21. The van der Waals surface area contributed by atoms with Gasteiger partial charge in [0.1, 0.15) is 18.3 Å². The maximum absolute atomic E-state index is 13.6. The van der Waals surface area contributed by atoms with Crippen LogP contribution >= 0.6 is 0 Å². The molecular formula is C28H34N4O4. The highest BCUT2D eigenvalue weighted by Crippen LogP contribution is 2.40. The zero-order valence-corrected chi connectivity index (χ0v) is 20.9. The molecule has 1 atom stereocenters. The lowest BCUT2D eigenvalue weighted by Crippen LogP contribution is -2.57. The molecule has 190 valence electrons. The van der Waals surface area contributed by atoms with Crippen molar-refractivity contribution in [2.75, 3.05) is 43.1 Å². The van der Waals surface area contributed by atoms with Crippen molar-refractivity contribution >= 4 is 29.1 Å². The minimum atomic E-state index is -0.267. The molecule has 8 nitrogen and oxygen atoms in total. The molecule has 3 amide bonds. The normalized spacial score (nSPS) is 19.4. The Labute approximate surface area is 212 Å². The number of piperidine rings is 2. The summed E-state index contributed by atoms with van der Waals surface area (Å²) in [5, 5.41) is 2.93. The monoisotopic (exact) mass is 490 g/mol. The largest absolute Gasteiger partial charge is 0.496 e. The van der Waals surface area contributed by atoms with E-state index in [2.05, 4.69) is 10.2 Å². The fraction of sp³-hybridized carbons (Fsp3) is 0.464. The number of fused-ring (bicyclic) bond motifs is 3. The van der Waals surface area contributed by atoms with Gasteiger partial charge in [-0.05, 0) is 62.8 Å². The molecule has 0 bridgehead atoms. The Hall–Kier alpha value is -3.55. The van der Waals surface area contributed by atoms with Gasteiger partial charge in [-0.15, -0.1) is 0 Å². The van der Waals surface area contributed by atoms with Crippen LogP contribution in [0.3, 0.4) is 0 Å². The van der Waals surface area contributed by atoms with Crippen LogP contribution in [0.25, 0.3) is 0 Å². The molecule has 0 saturated carbocycles. The summed E-state index contributed by atoms with van der Waals surface area (Å²) in [6.07, 6.45) is 5.97. The van der Waals surface area contributed by atoms with Gasteiger partial charge in [-0.25, -0.2) is 0 Å². The van der Waals surface area contributed by atoms with Gasteiger partial charge in [0.25, 0.3) is 5.91 Å². The van der Waals surface area contributed by atoms with Gasteiger partial charge in [0, 0.05) is 37.3 Å². The van der Waals surface area contributed by atoms with Crippen molar-refractivity contribution in [2.45, 2.75) is 51.1 Å². The average molecular weight is 491 g/mol. The summed E-state index contributed by atoms with van der Waals surface area (Å²) in [4.78, 5) is 45.5. The van der Waals surface area contributed by atoms with E-state index < -0.39 is 0 Å². The molecule has 2 saturated heterocycles. The summed E-state index contributed by atoms with van der Waals surface area (Å²) in [6.45, 7) is 2.54. The van der Waals surface area contributed by atoms with Gasteiger partial charge in [-0.3, -0.25) is 19.3 Å². The van der Waals surface area contributed by atoms with Crippen LogP contribution < -0.4 is 19.9 Å². The number of benzene rings is 2. The van der Waals surface area contributed by atoms with Crippen molar-refractivity contribution in [3.8, 4) is 5.75 Å². The predicted octanol–water partition coefficient (Wildman–Crippen LogP) is 3.34. The van der Waals surface area contributed by atoms with Gasteiger partial charge in [0.15, 0.2) is 0 Å². The summed E-state index contributed by atoms with van der Waals surface area (Å²) in [5.41, 5.74) is 3.01. The zero-order chi connectivity index (χ0) is 25.1. The van der Waals surface area contributed by atoms with Crippen molar-refractivity contribution in [2.24, 2.45) is 0 Å². The lowest BCUT2D eigenvalue weighted by atomic mass is 9.95. The Morgan fingerprint density at radius 3 is 2.56 bits per heavy atom. The van der Waals surface area contributed by atoms with E-state index in [1.807, 2.05) is 47.4 Å². The second-order valence-corrected chi connectivity index (χ2v) is 9.77. The van der Waals surface area contributed by atoms with Crippen LogP contribution in [-0.2, 0) is 16.1 Å². The van der Waals surface area contributed by atoms with Crippen LogP contribution in [-0.4, -0.2) is 62.0 Å². The minimum Gasteiger partial charge on any atom is -0.496 e. The molecule has 0 spiro atoms. The Kier molecular flexibility index (Phi) is 7.11. The van der Waals surface area contributed by atoms with E-state index in [1.54, 1.807) is 12.0 Å². The second-order valence-electron chi connectivity index (χ2n) is 9.77. The number of likely N-dealkylation sites (tertiary alicyclic amines) is 1. The first-order valence-electron chi connectivity index (χ1n) is 13.0. The molecule has 36 heavy (non-hydrogen) atoms. The number of anilines is 2. The van der Waals surface area contributed by atoms with Crippen molar-refractivity contribution < 1.29 is 19.1 Å². The maximum atomic E-state index is 13.6. The number of nitrogens with zero attached hydrogens (tertiary/aromatic N) is 3. The van der Waals surface area contributed by atoms with E-state index in [0.717, 1.165) is 69.4 Å². The number of amides is 3. The van der Waals surface area contributed by atoms with E-state index in [1.165, 1.54) is 0 Å². The molecule has 3 heterocycles. The van der Waals surface area contributed by atoms with Gasteiger partial charge in [0.2, 0.25) is 11.8 Å². The minimum absolute atomic E-state index is 0.00806. The van der Waals surface area contributed by atoms with Gasteiger partial charge in [-0.1, -0.05) is 18.2 Å². The lowest BCUT2D eigenvalue weighted by molar-refractivity contribution is -0.125. The third-order valence-electron chi connectivity index (χ3n) is 7.49. The smallest absolute Gasteiger partial charge is 0.253 e. The molecular weight excluding hydrogens is 456 g/mol. The molecule has 0 aliphatic carbocycles. The predicted molar refractivity (Wildman–Crippen MR) is 138 cm³/mol. The molecule has 1 unspecified atom stereocenters. The van der Waals surface area contributed by atoms with Crippen LogP contribution in [0.15, 0.2) is 42.5 Å². The zero-order valence-electron chi connectivity index (χ0n) is 20.9. The Balaban J connectivity index is 1.39. The van der Waals surface area contributed by atoms with Crippen LogP contribution in [0.4, 0.5) is 11.4 Å². The first kappa shape index (κ1) is 24.2. The maximum Gasteiger partial charge on any atom is 0.253 e.